The zero-order chi connectivity index (χ0) is 14.0. The maximum Gasteiger partial charge on any atom is 0.261 e. The van der Waals surface area contributed by atoms with Crippen molar-refractivity contribution in [2.75, 3.05) is 19.7 Å². The largest absolute Gasteiger partial charge is 0.396 e. The average Bonchev–Trinajstić information content (AvgIpc) is 2.37. The van der Waals surface area contributed by atoms with Crippen LogP contribution in [-0.4, -0.2) is 44.0 Å². The van der Waals surface area contributed by atoms with Crippen molar-refractivity contribution in [3.8, 4) is 0 Å². The number of nitrogens with zero attached hydrogens (tertiary/aromatic N) is 1. The van der Waals surface area contributed by atoms with E-state index in [0.29, 0.717) is 31.5 Å². The summed E-state index contributed by atoms with van der Waals surface area (Å²) in [6.07, 6.45) is 1.18. The SMILES string of the molecule is O=C1c2cc(S(=O)(=O)Cl)ccc2CCN1CCCO. The van der Waals surface area contributed by atoms with Gasteiger partial charge in [-0.05, 0) is 30.5 Å². The van der Waals surface area contributed by atoms with Crippen molar-refractivity contribution in [1.29, 1.82) is 0 Å². The number of rotatable bonds is 4. The summed E-state index contributed by atoms with van der Waals surface area (Å²) in [6.45, 7) is 1.07. The quantitative estimate of drug-likeness (QED) is 0.842. The van der Waals surface area contributed by atoms with E-state index in [1.807, 2.05) is 0 Å². The van der Waals surface area contributed by atoms with Crippen LogP contribution in [0.5, 0.6) is 0 Å². The highest BCUT2D eigenvalue weighted by molar-refractivity contribution is 8.13. The Bertz CT molecular complexity index is 600. The maximum atomic E-state index is 12.2. The summed E-state index contributed by atoms with van der Waals surface area (Å²) in [5.74, 6) is -0.211. The lowest BCUT2D eigenvalue weighted by Crippen LogP contribution is -2.38. The third-order valence-corrected chi connectivity index (χ3v) is 4.47. The Hall–Kier alpha value is -1.11. The van der Waals surface area contributed by atoms with Crippen LogP contribution in [0.3, 0.4) is 0 Å². The predicted molar refractivity (Wildman–Crippen MR) is 70.8 cm³/mol. The van der Waals surface area contributed by atoms with Crippen molar-refractivity contribution >= 4 is 25.6 Å². The molecule has 1 aromatic rings. The summed E-state index contributed by atoms with van der Waals surface area (Å²) in [4.78, 5) is 13.8. The molecule has 2 rings (SSSR count). The topological polar surface area (TPSA) is 74.7 Å². The van der Waals surface area contributed by atoms with Gasteiger partial charge in [-0.15, -0.1) is 0 Å². The lowest BCUT2D eigenvalue weighted by Gasteiger charge is -2.28. The smallest absolute Gasteiger partial charge is 0.261 e. The summed E-state index contributed by atoms with van der Waals surface area (Å²) < 4.78 is 22.6. The zero-order valence-electron chi connectivity index (χ0n) is 10.2. The van der Waals surface area contributed by atoms with Crippen LogP contribution < -0.4 is 0 Å². The van der Waals surface area contributed by atoms with Crippen LogP contribution in [0.15, 0.2) is 23.1 Å². The maximum absolute atomic E-state index is 12.2. The van der Waals surface area contributed by atoms with Gasteiger partial charge in [0, 0.05) is 35.9 Å². The first-order chi connectivity index (χ1) is 8.93. The van der Waals surface area contributed by atoms with Gasteiger partial charge in [-0.2, -0.15) is 0 Å². The minimum Gasteiger partial charge on any atom is -0.396 e. The number of aliphatic hydroxyl groups excluding tert-OH is 1. The van der Waals surface area contributed by atoms with E-state index in [1.165, 1.54) is 12.1 Å². The molecule has 0 fully saturated rings. The third-order valence-electron chi connectivity index (χ3n) is 3.12. The molecule has 0 aromatic heterocycles. The van der Waals surface area contributed by atoms with E-state index >= 15 is 0 Å². The standard InChI is InChI=1S/C12H14ClNO4S/c13-19(17,18)10-3-2-9-4-6-14(5-1-7-15)12(16)11(9)8-10/h2-3,8,15H,1,4-7H2. The van der Waals surface area contributed by atoms with E-state index in [4.69, 9.17) is 15.8 Å². The van der Waals surface area contributed by atoms with Crippen molar-refractivity contribution in [3.05, 3.63) is 29.3 Å². The van der Waals surface area contributed by atoms with E-state index in [1.54, 1.807) is 11.0 Å². The molecule has 5 nitrogen and oxygen atoms in total. The monoisotopic (exact) mass is 303 g/mol. The minimum absolute atomic E-state index is 0.0206. The average molecular weight is 304 g/mol. The van der Waals surface area contributed by atoms with Crippen LogP contribution >= 0.6 is 10.7 Å². The van der Waals surface area contributed by atoms with Crippen LogP contribution in [0.25, 0.3) is 0 Å². The van der Waals surface area contributed by atoms with E-state index in [0.717, 1.165) is 5.56 Å². The van der Waals surface area contributed by atoms with Crippen molar-refractivity contribution in [3.63, 3.8) is 0 Å². The molecule has 0 spiro atoms. The van der Waals surface area contributed by atoms with Crippen LogP contribution in [0.1, 0.15) is 22.3 Å². The number of carbonyl (C=O) groups is 1. The predicted octanol–water partition coefficient (Wildman–Crippen LogP) is 0.995. The van der Waals surface area contributed by atoms with Crippen molar-refractivity contribution in [1.82, 2.24) is 4.90 Å². The first kappa shape index (κ1) is 14.3. The highest BCUT2D eigenvalue weighted by Crippen LogP contribution is 2.24. The fourth-order valence-corrected chi connectivity index (χ4v) is 2.90. The van der Waals surface area contributed by atoms with Gasteiger partial charge in [0.15, 0.2) is 0 Å². The number of halogens is 1. The summed E-state index contributed by atoms with van der Waals surface area (Å²) >= 11 is 0. The van der Waals surface area contributed by atoms with Gasteiger partial charge in [-0.3, -0.25) is 4.79 Å². The van der Waals surface area contributed by atoms with E-state index < -0.39 is 9.05 Å². The Balaban J connectivity index is 2.33. The molecule has 0 radical (unpaired) electrons. The molecule has 0 aliphatic carbocycles. The van der Waals surface area contributed by atoms with Gasteiger partial charge in [0.05, 0.1) is 4.90 Å². The van der Waals surface area contributed by atoms with E-state index in [2.05, 4.69) is 0 Å². The van der Waals surface area contributed by atoms with Crippen LogP contribution in [-0.2, 0) is 15.5 Å². The molecule has 0 saturated heterocycles. The molecule has 7 heteroatoms. The lowest BCUT2D eigenvalue weighted by atomic mass is 9.99. The number of amides is 1. The van der Waals surface area contributed by atoms with Gasteiger partial charge in [0.25, 0.3) is 15.0 Å². The highest BCUT2D eigenvalue weighted by atomic mass is 35.7. The molecule has 0 bridgehead atoms. The second kappa shape index (κ2) is 5.48. The van der Waals surface area contributed by atoms with Crippen LogP contribution in [0.2, 0.25) is 0 Å². The summed E-state index contributed by atoms with van der Waals surface area (Å²) in [7, 11) is 1.45. The molecular formula is C12H14ClNO4S. The Morgan fingerprint density at radius 2 is 2.11 bits per heavy atom. The second-order valence-electron chi connectivity index (χ2n) is 4.38. The molecule has 19 heavy (non-hydrogen) atoms. The summed E-state index contributed by atoms with van der Waals surface area (Å²) in [5, 5.41) is 8.79. The molecule has 1 N–H and O–H groups in total. The molecule has 104 valence electrons. The highest BCUT2D eigenvalue weighted by Gasteiger charge is 2.25. The number of carbonyl (C=O) groups excluding carboxylic acids is 1. The molecular weight excluding hydrogens is 290 g/mol. The van der Waals surface area contributed by atoms with Crippen molar-refractivity contribution < 1.29 is 18.3 Å². The zero-order valence-corrected chi connectivity index (χ0v) is 11.7. The molecule has 1 aliphatic rings. The van der Waals surface area contributed by atoms with E-state index in [-0.39, 0.29) is 17.4 Å². The Labute approximate surface area is 116 Å². The first-order valence-corrected chi connectivity index (χ1v) is 8.22. The van der Waals surface area contributed by atoms with Gasteiger partial charge in [0.1, 0.15) is 0 Å². The van der Waals surface area contributed by atoms with Gasteiger partial charge < -0.3 is 10.0 Å². The summed E-state index contributed by atoms with van der Waals surface area (Å²) in [6, 6.07) is 4.37. The van der Waals surface area contributed by atoms with E-state index in [9.17, 15) is 13.2 Å². The molecule has 1 amide bonds. The number of benzene rings is 1. The Morgan fingerprint density at radius 3 is 2.74 bits per heavy atom. The van der Waals surface area contributed by atoms with Gasteiger partial charge >= 0.3 is 0 Å². The van der Waals surface area contributed by atoms with Crippen LogP contribution in [0, 0.1) is 0 Å². The lowest BCUT2D eigenvalue weighted by molar-refractivity contribution is 0.0728. The summed E-state index contributed by atoms with van der Waals surface area (Å²) in [5.41, 5.74) is 1.21. The number of hydrogen-bond donors (Lipinski definition) is 1. The number of fused-ring (bicyclic) bond motifs is 1. The number of aliphatic hydroxyl groups is 1. The molecule has 0 unspecified atom stereocenters. The van der Waals surface area contributed by atoms with Gasteiger partial charge in [-0.25, -0.2) is 8.42 Å². The van der Waals surface area contributed by atoms with Crippen molar-refractivity contribution in [2.24, 2.45) is 0 Å². The first-order valence-electron chi connectivity index (χ1n) is 5.91. The fraction of sp³-hybridized carbons (Fsp3) is 0.417. The third kappa shape index (κ3) is 3.08. The van der Waals surface area contributed by atoms with Crippen LogP contribution in [0.4, 0.5) is 0 Å². The fourth-order valence-electron chi connectivity index (χ4n) is 2.13. The Kier molecular flexibility index (Phi) is 4.13. The van der Waals surface area contributed by atoms with Gasteiger partial charge in [0.2, 0.25) is 0 Å². The van der Waals surface area contributed by atoms with Gasteiger partial charge in [-0.1, -0.05) is 6.07 Å². The Morgan fingerprint density at radius 1 is 1.37 bits per heavy atom. The molecule has 0 atom stereocenters. The molecule has 1 aliphatic heterocycles. The minimum atomic E-state index is -3.83. The van der Waals surface area contributed by atoms with Crippen molar-refractivity contribution in [2.45, 2.75) is 17.7 Å². The molecule has 0 saturated carbocycles. The molecule has 1 heterocycles. The molecule has 1 aromatic carbocycles. The second-order valence-corrected chi connectivity index (χ2v) is 6.94. The normalized spacial score (nSPS) is 15.5. The number of hydrogen-bond acceptors (Lipinski definition) is 4.